The van der Waals surface area contributed by atoms with Crippen molar-refractivity contribution >= 4 is 11.7 Å². The first-order valence-electron chi connectivity index (χ1n) is 7.29. The number of hydrogen-bond donors (Lipinski definition) is 2. The molecular formula is C16H26N2O2. The summed E-state index contributed by atoms with van der Waals surface area (Å²) in [5.74, 6) is -0.214. The number of anilines is 1. The summed E-state index contributed by atoms with van der Waals surface area (Å²) in [6.07, 6.45) is 3.39. The van der Waals surface area contributed by atoms with E-state index in [1.807, 2.05) is 13.0 Å². The van der Waals surface area contributed by atoms with Gasteiger partial charge in [-0.3, -0.25) is 4.98 Å². The fourth-order valence-corrected chi connectivity index (χ4v) is 2.38. The van der Waals surface area contributed by atoms with Crippen LogP contribution in [0.2, 0.25) is 0 Å². The van der Waals surface area contributed by atoms with Gasteiger partial charge in [-0.2, -0.15) is 0 Å². The maximum Gasteiger partial charge on any atom is 0.339 e. The number of aromatic nitrogens is 1. The van der Waals surface area contributed by atoms with Gasteiger partial charge in [-0.25, -0.2) is 4.79 Å². The molecule has 0 saturated carbocycles. The zero-order chi connectivity index (χ0) is 15.3. The van der Waals surface area contributed by atoms with Crippen LogP contribution < -0.4 is 5.32 Å². The third-order valence-electron chi connectivity index (χ3n) is 3.36. The van der Waals surface area contributed by atoms with Crippen molar-refractivity contribution in [3.8, 4) is 0 Å². The quantitative estimate of drug-likeness (QED) is 0.790. The highest BCUT2D eigenvalue weighted by Gasteiger charge is 2.16. The van der Waals surface area contributed by atoms with Gasteiger partial charge in [-0.1, -0.05) is 26.7 Å². The molecule has 1 aromatic heterocycles. The molecule has 20 heavy (non-hydrogen) atoms. The molecule has 0 amide bonds. The smallest absolute Gasteiger partial charge is 0.339 e. The largest absolute Gasteiger partial charge is 0.478 e. The van der Waals surface area contributed by atoms with Gasteiger partial charge in [0.2, 0.25) is 0 Å². The monoisotopic (exact) mass is 278 g/mol. The SMILES string of the molecule is Cc1cc(NC(C)CCCC(C)C)c(C(=O)O)c(C)n1. The highest BCUT2D eigenvalue weighted by molar-refractivity contribution is 5.95. The molecular weight excluding hydrogens is 252 g/mol. The number of aryl methyl sites for hydroxylation is 2. The van der Waals surface area contributed by atoms with E-state index >= 15 is 0 Å². The summed E-state index contributed by atoms with van der Waals surface area (Å²) in [4.78, 5) is 15.6. The summed E-state index contributed by atoms with van der Waals surface area (Å²) in [6, 6.07) is 2.07. The normalized spacial score (nSPS) is 12.5. The molecule has 2 N–H and O–H groups in total. The molecule has 0 fully saturated rings. The molecule has 1 rings (SSSR count). The maximum atomic E-state index is 11.4. The summed E-state index contributed by atoms with van der Waals surface area (Å²) in [7, 11) is 0. The predicted molar refractivity (Wildman–Crippen MR) is 82.4 cm³/mol. The molecule has 0 aliphatic heterocycles. The number of aromatic carboxylic acids is 1. The molecule has 0 aliphatic carbocycles. The molecule has 4 heteroatoms. The van der Waals surface area contributed by atoms with E-state index in [1.165, 1.54) is 6.42 Å². The minimum Gasteiger partial charge on any atom is -0.478 e. The van der Waals surface area contributed by atoms with Crippen LogP contribution in [0.3, 0.4) is 0 Å². The van der Waals surface area contributed by atoms with Gasteiger partial charge in [0.1, 0.15) is 5.56 Å². The van der Waals surface area contributed by atoms with Crippen LogP contribution in [-0.2, 0) is 0 Å². The first-order valence-corrected chi connectivity index (χ1v) is 7.29. The topological polar surface area (TPSA) is 62.2 Å². The lowest BCUT2D eigenvalue weighted by Crippen LogP contribution is -2.19. The van der Waals surface area contributed by atoms with Crippen LogP contribution in [0.5, 0.6) is 0 Å². The van der Waals surface area contributed by atoms with Gasteiger partial charge in [-0.15, -0.1) is 0 Å². The van der Waals surface area contributed by atoms with Crippen LogP contribution in [0.25, 0.3) is 0 Å². The Balaban J connectivity index is 2.78. The molecule has 0 spiro atoms. The number of rotatable bonds is 7. The molecule has 112 valence electrons. The van der Waals surface area contributed by atoms with Crippen molar-refractivity contribution in [2.24, 2.45) is 5.92 Å². The highest BCUT2D eigenvalue weighted by atomic mass is 16.4. The van der Waals surface area contributed by atoms with Crippen LogP contribution in [-0.4, -0.2) is 22.1 Å². The average Bonchev–Trinajstić information content (AvgIpc) is 2.26. The van der Waals surface area contributed by atoms with Gasteiger partial charge >= 0.3 is 5.97 Å². The van der Waals surface area contributed by atoms with Crippen molar-refractivity contribution in [2.45, 2.75) is 59.9 Å². The minimum atomic E-state index is -0.924. The van der Waals surface area contributed by atoms with Crippen LogP contribution in [0.15, 0.2) is 6.07 Å². The Morgan fingerprint density at radius 2 is 1.95 bits per heavy atom. The lowest BCUT2D eigenvalue weighted by Gasteiger charge is -2.18. The number of hydrogen-bond acceptors (Lipinski definition) is 3. The zero-order valence-corrected chi connectivity index (χ0v) is 13.2. The zero-order valence-electron chi connectivity index (χ0n) is 13.2. The van der Waals surface area contributed by atoms with E-state index < -0.39 is 5.97 Å². The lowest BCUT2D eigenvalue weighted by molar-refractivity contribution is 0.0696. The van der Waals surface area contributed by atoms with Gasteiger partial charge in [0.15, 0.2) is 0 Å². The molecule has 0 bridgehead atoms. The summed E-state index contributed by atoms with van der Waals surface area (Å²) in [5, 5.41) is 12.6. The highest BCUT2D eigenvalue weighted by Crippen LogP contribution is 2.22. The number of nitrogens with zero attached hydrogens (tertiary/aromatic N) is 1. The van der Waals surface area contributed by atoms with E-state index in [0.717, 1.165) is 18.5 Å². The van der Waals surface area contributed by atoms with E-state index in [4.69, 9.17) is 0 Å². The number of carboxylic acid groups (broad SMARTS) is 1. The van der Waals surface area contributed by atoms with Gasteiger partial charge in [-0.05, 0) is 39.2 Å². The second-order valence-corrected chi connectivity index (χ2v) is 5.95. The van der Waals surface area contributed by atoms with Crippen LogP contribution in [0.4, 0.5) is 5.69 Å². The standard InChI is InChI=1S/C16H26N2O2/c1-10(2)7-6-8-11(3)18-14-9-12(4)17-13(5)15(14)16(19)20/h9-11H,6-8H2,1-5H3,(H,17,18)(H,19,20). The van der Waals surface area contributed by atoms with Gasteiger partial charge < -0.3 is 10.4 Å². The van der Waals surface area contributed by atoms with Crippen molar-refractivity contribution in [1.29, 1.82) is 0 Å². The Morgan fingerprint density at radius 1 is 1.30 bits per heavy atom. The van der Waals surface area contributed by atoms with Crippen LogP contribution >= 0.6 is 0 Å². The molecule has 4 nitrogen and oxygen atoms in total. The lowest BCUT2D eigenvalue weighted by atomic mass is 10.0. The molecule has 0 aliphatic rings. The van der Waals surface area contributed by atoms with E-state index in [0.29, 0.717) is 17.3 Å². The van der Waals surface area contributed by atoms with Crippen molar-refractivity contribution in [3.63, 3.8) is 0 Å². The van der Waals surface area contributed by atoms with E-state index in [1.54, 1.807) is 6.92 Å². The Kier molecular flexibility index (Phi) is 5.99. The number of carbonyl (C=O) groups is 1. The first kappa shape index (κ1) is 16.5. The van der Waals surface area contributed by atoms with E-state index in [2.05, 4.69) is 31.1 Å². The summed E-state index contributed by atoms with van der Waals surface area (Å²) in [5.41, 5.74) is 2.37. The van der Waals surface area contributed by atoms with Crippen molar-refractivity contribution in [3.05, 3.63) is 23.0 Å². The second kappa shape index (κ2) is 7.27. The average molecular weight is 278 g/mol. The third-order valence-corrected chi connectivity index (χ3v) is 3.36. The van der Waals surface area contributed by atoms with Crippen LogP contribution in [0.1, 0.15) is 61.8 Å². The van der Waals surface area contributed by atoms with Gasteiger partial charge in [0.25, 0.3) is 0 Å². The Morgan fingerprint density at radius 3 is 2.50 bits per heavy atom. The van der Waals surface area contributed by atoms with Gasteiger partial charge in [0.05, 0.1) is 11.4 Å². The Hall–Kier alpha value is -1.58. The number of carboxylic acids is 1. The van der Waals surface area contributed by atoms with Gasteiger partial charge in [0, 0.05) is 11.7 Å². The number of pyridine rings is 1. The number of nitrogens with one attached hydrogen (secondary N) is 1. The molecule has 1 unspecified atom stereocenters. The van der Waals surface area contributed by atoms with Crippen molar-refractivity contribution < 1.29 is 9.90 Å². The van der Waals surface area contributed by atoms with E-state index in [-0.39, 0.29) is 11.6 Å². The Labute approximate surface area is 121 Å². The molecule has 0 aromatic carbocycles. The van der Waals surface area contributed by atoms with Crippen molar-refractivity contribution in [2.75, 3.05) is 5.32 Å². The molecule has 1 aromatic rings. The summed E-state index contributed by atoms with van der Waals surface area (Å²) < 4.78 is 0. The molecule has 0 saturated heterocycles. The van der Waals surface area contributed by atoms with E-state index in [9.17, 15) is 9.90 Å². The van der Waals surface area contributed by atoms with Crippen molar-refractivity contribution in [1.82, 2.24) is 4.98 Å². The fraction of sp³-hybridized carbons (Fsp3) is 0.625. The van der Waals surface area contributed by atoms with Crippen LogP contribution in [0, 0.1) is 19.8 Å². The summed E-state index contributed by atoms with van der Waals surface area (Å²) in [6.45, 7) is 10.2. The maximum absolute atomic E-state index is 11.4. The molecule has 1 heterocycles. The first-order chi connectivity index (χ1) is 9.31. The predicted octanol–water partition coefficient (Wildman–Crippen LogP) is 4.02. The minimum absolute atomic E-state index is 0.257. The third kappa shape index (κ3) is 4.83. The Bertz CT molecular complexity index is 470. The molecule has 0 radical (unpaired) electrons. The second-order valence-electron chi connectivity index (χ2n) is 5.95. The molecule has 1 atom stereocenters. The summed E-state index contributed by atoms with van der Waals surface area (Å²) >= 11 is 0. The fourth-order valence-electron chi connectivity index (χ4n) is 2.38.